The molecule has 6 nitrogen and oxygen atoms in total. The van der Waals surface area contributed by atoms with Crippen molar-refractivity contribution in [2.75, 3.05) is 26.4 Å². The maximum atomic E-state index is 5.47. The summed E-state index contributed by atoms with van der Waals surface area (Å²) in [6.45, 7) is 4.42. The van der Waals surface area contributed by atoms with Crippen molar-refractivity contribution in [1.82, 2.24) is 9.97 Å². The number of ether oxygens (including phenoxy) is 2. The zero-order chi connectivity index (χ0) is 12.5. The number of hydrogen-bond acceptors (Lipinski definition) is 2. The van der Waals surface area contributed by atoms with Crippen LogP contribution in [-0.4, -0.2) is 36.4 Å². The fourth-order valence-electron chi connectivity index (χ4n) is 1.58. The Morgan fingerprint density at radius 1 is 0.722 bits per heavy atom. The summed E-state index contributed by atoms with van der Waals surface area (Å²) in [6.07, 6.45) is 11.6. The second-order valence-electron chi connectivity index (χ2n) is 3.92. The molecule has 6 heteroatoms. The van der Waals surface area contributed by atoms with Gasteiger partial charge in [0.05, 0.1) is 26.4 Å². The number of aromatic amines is 2. The number of imidazole rings is 2. The zero-order valence-corrected chi connectivity index (χ0v) is 10.4. The van der Waals surface area contributed by atoms with E-state index in [9.17, 15) is 0 Å². The minimum atomic E-state index is 0.642. The van der Waals surface area contributed by atoms with Gasteiger partial charge in [-0.05, 0) is 0 Å². The summed E-state index contributed by atoms with van der Waals surface area (Å²) in [6, 6.07) is 0. The average Bonchev–Trinajstić information content (AvgIpc) is 3.05. The highest BCUT2D eigenvalue weighted by Crippen LogP contribution is 1.80. The van der Waals surface area contributed by atoms with Gasteiger partial charge in [-0.25, -0.2) is 9.13 Å². The molecule has 0 saturated carbocycles. The molecule has 0 spiro atoms. The molecule has 0 aliphatic carbocycles. The molecule has 0 aliphatic heterocycles. The first-order chi connectivity index (χ1) is 8.95. The molecule has 0 amide bonds. The first-order valence-electron chi connectivity index (χ1n) is 6.14. The Bertz CT molecular complexity index is 359. The molecule has 2 heterocycles. The minimum Gasteiger partial charge on any atom is -0.375 e. The van der Waals surface area contributed by atoms with E-state index in [4.69, 9.17) is 9.47 Å². The van der Waals surface area contributed by atoms with Crippen LogP contribution in [0.25, 0.3) is 0 Å². The van der Waals surface area contributed by atoms with Gasteiger partial charge in [-0.1, -0.05) is 0 Å². The molecule has 2 aromatic rings. The summed E-state index contributed by atoms with van der Waals surface area (Å²) in [4.78, 5) is 5.98. The molecule has 0 unspecified atom stereocenters. The fourth-order valence-corrected chi connectivity index (χ4v) is 1.58. The lowest BCUT2D eigenvalue weighted by atomic mass is 10.6. The predicted octanol–water partition coefficient (Wildman–Crippen LogP) is -0.349. The quantitative estimate of drug-likeness (QED) is 0.473. The molecule has 2 N–H and O–H groups in total. The third-order valence-corrected chi connectivity index (χ3v) is 2.56. The standard InChI is InChI=1S/C12H18N4O2/c1-3-15(11-13-1)5-7-17-9-10-18-8-6-16-4-2-14-12-16/h1-4,11-12H,5-10H2/p+2. The Balaban J connectivity index is 1.40. The molecule has 2 rings (SSSR count). The van der Waals surface area contributed by atoms with E-state index in [1.54, 1.807) is 0 Å². The number of hydrogen-bond donors (Lipinski definition) is 2. The Labute approximate surface area is 106 Å². The van der Waals surface area contributed by atoms with Gasteiger partial charge in [-0.3, -0.25) is 9.97 Å². The van der Waals surface area contributed by atoms with Crippen molar-refractivity contribution >= 4 is 0 Å². The monoisotopic (exact) mass is 252 g/mol. The number of nitrogens with one attached hydrogen (secondary N) is 2. The van der Waals surface area contributed by atoms with E-state index in [1.807, 2.05) is 46.6 Å². The lowest BCUT2D eigenvalue weighted by Gasteiger charge is -2.03. The lowest BCUT2D eigenvalue weighted by Crippen LogP contribution is -2.34. The number of aromatic nitrogens is 4. The molecule has 0 aliphatic rings. The average molecular weight is 252 g/mol. The highest BCUT2D eigenvalue weighted by atomic mass is 16.5. The van der Waals surface area contributed by atoms with Crippen LogP contribution in [0.15, 0.2) is 37.4 Å². The van der Waals surface area contributed by atoms with Gasteiger partial charge < -0.3 is 9.47 Å². The minimum absolute atomic E-state index is 0.642. The molecule has 2 aromatic heterocycles. The summed E-state index contributed by atoms with van der Waals surface area (Å²) >= 11 is 0. The van der Waals surface area contributed by atoms with Gasteiger partial charge in [0, 0.05) is 0 Å². The van der Waals surface area contributed by atoms with Gasteiger partial charge in [0.1, 0.15) is 37.9 Å². The van der Waals surface area contributed by atoms with Crippen molar-refractivity contribution in [2.24, 2.45) is 0 Å². The van der Waals surface area contributed by atoms with Crippen LogP contribution in [0.4, 0.5) is 0 Å². The lowest BCUT2D eigenvalue weighted by molar-refractivity contribution is -0.697. The molecule has 0 bridgehead atoms. The smallest absolute Gasteiger partial charge is 0.241 e. The Hall–Kier alpha value is -1.66. The Kier molecular flexibility index (Phi) is 5.42. The second-order valence-corrected chi connectivity index (χ2v) is 3.92. The first kappa shape index (κ1) is 12.8. The largest absolute Gasteiger partial charge is 0.375 e. The first-order valence-corrected chi connectivity index (χ1v) is 6.14. The molecule has 0 atom stereocenters. The van der Waals surface area contributed by atoms with Gasteiger partial charge in [0.15, 0.2) is 0 Å². The molecular formula is C12H20N4O2+2. The van der Waals surface area contributed by atoms with Crippen LogP contribution < -0.4 is 9.13 Å². The number of H-pyrrole nitrogens is 2. The molecule has 0 fully saturated rings. The topological polar surface area (TPSA) is 57.8 Å². The number of nitrogens with zero attached hydrogens (tertiary/aromatic N) is 2. The van der Waals surface area contributed by atoms with Crippen LogP contribution >= 0.6 is 0 Å². The van der Waals surface area contributed by atoms with Gasteiger partial charge in [-0.2, -0.15) is 0 Å². The van der Waals surface area contributed by atoms with Gasteiger partial charge in [0.25, 0.3) is 0 Å². The van der Waals surface area contributed by atoms with E-state index in [2.05, 4.69) is 9.97 Å². The van der Waals surface area contributed by atoms with Crippen LogP contribution in [0, 0.1) is 0 Å². The molecule has 0 saturated heterocycles. The second kappa shape index (κ2) is 7.62. The van der Waals surface area contributed by atoms with Crippen molar-refractivity contribution in [3.8, 4) is 0 Å². The maximum Gasteiger partial charge on any atom is 0.241 e. The van der Waals surface area contributed by atoms with E-state index in [-0.39, 0.29) is 0 Å². The summed E-state index contributed by atoms with van der Waals surface area (Å²) in [5, 5.41) is 0. The van der Waals surface area contributed by atoms with E-state index in [0.29, 0.717) is 26.4 Å². The van der Waals surface area contributed by atoms with Crippen LogP contribution in [0.5, 0.6) is 0 Å². The Morgan fingerprint density at radius 2 is 1.22 bits per heavy atom. The van der Waals surface area contributed by atoms with E-state index in [0.717, 1.165) is 13.1 Å². The fraction of sp³-hybridized carbons (Fsp3) is 0.500. The third kappa shape index (κ3) is 4.68. The van der Waals surface area contributed by atoms with Gasteiger partial charge in [-0.15, -0.1) is 0 Å². The van der Waals surface area contributed by atoms with E-state index >= 15 is 0 Å². The van der Waals surface area contributed by atoms with Crippen LogP contribution in [0.3, 0.4) is 0 Å². The predicted molar refractivity (Wildman–Crippen MR) is 63.6 cm³/mol. The zero-order valence-electron chi connectivity index (χ0n) is 10.4. The number of rotatable bonds is 9. The van der Waals surface area contributed by atoms with Crippen molar-refractivity contribution in [2.45, 2.75) is 13.1 Å². The van der Waals surface area contributed by atoms with Gasteiger partial charge in [0.2, 0.25) is 12.7 Å². The molecule has 0 aromatic carbocycles. The van der Waals surface area contributed by atoms with E-state index < -0.39 is 0 Å². The van der Waals surface area contributed by atoms with E-state index in [1.165, 1.54) is 0 Å². The summed E-state index contributed by atoms with van der Waals surface area (Å²) in [5.74, 6) is 0. The summed E-state index contributed by atoms with van der Waals surface area (Å²) in [7, 11) is 0. The normalized spacial score (nSPS) is 10.9. The van der Waals surface area contributed by atoms with Crippen molar-refractivity contribution in [3.05, 3.63) is 37.4 Å². The van der Waals surface area contributed by atoms with Crippen molar-refractivity contribution < 1.29 is 18.6 Å². The summed E-state index contributed by atoms with van der Waals surface area (Å²) < 4.78 is 15.0. The van der Waals surface area contributed by atoms with Crippen LogP contribution in [-0.2, 0) is 22.6 Å². The SMILES string of the molecule is c1c[n+](CCOCCOCC[n+]2cc[nH]c2)c[nH]1. The third-order valence-electron chi connectivity index (χ3n) is 2.56. The molecule has 18 heavy (non-hydrogen) atoms. The molecule has 98 valence electrons. The highest BCUT2D eigenvalue weighted by molar-refractivity contribution is 4.55. The van der Waals surface area contributed by atoms with Crippen LogP contribution in [0.2, 0.25) is 0 Å². The molecule has 0 radical (unpaired) electrons. The maximum absolute atomic E-state index is 5.47. The van der Waals surface area contributed by atoms with Gasteiger partial charge >= 0.3 is 0 Å². The highest BCUT2D eigenvalue weighted by Gasteiger charge is 1.98. The Morgan fingerprint density at radius 3 is 1.61 bits per heavy atom. The van der Waals surface area contributed by atoms with Crippen molar-refractivity contribution in [1.29, 1.82) is 0 Å². The molecular weight excluding hydrogens is 232 g/mol. The van der Waals surface area contributed by atoms with Crippen LogP contribution in [0.1, 0.15) is 0 Å². The summed E-state index contributed by atoms with van der Waals surface area (Å²) in [5.41, 5.74) is 0. The van der Waals surface area contributed by atoms with Crippen molar-refractivity contribution in [3.63, 3.8) is 0 Å².